The van der Waals surface area contributed by atoms with E-state index in [2.05, 4.69) is 40.7 Å². The second-order valence-electron chi connectivity index (χ2n) is 19.3. The number of esters is 1. The van der Waals surface area contributed by atoms with E-state index in [1.807, 2.05) is 42.5 Å². The maximum absolute atomic E-state index is 13.7. The van der Waals surface area contributed by atoms with E-state index in [1.165, 1.54) is 12.4 Å². The molecule has 2 aliphatic rings. The number of aliphatic carboxylic acids is 1. The summed E-state index contributed by atoms with van der Waals surface area (Å²) < 4.78 is 106. The first kappa shape index (κ1) is 60.4. The van der Waals surface area contributed by atoms with Crippen molar-refractivity contribution in [1.82, 2.24) is 30.7 Å². The number of hydrogen-bond acceptors (Lipinski definition) is 17. The molecular weight excluding hydrogens is 1100 g/mol. The number of benzene rings is 4. The number of piperidine rings is 1. The molecule has 0 saturated carbocycles. The van der Waals surface area contributed by atoms with Gasteiger partial charge in [0, 0.05) is 41.5 Å². The molecule has 0 aliphatic carbocycles. The molecule has 2 fully saturated rings. The molecule has 4 aromatic carbocycles. The lowest BCUT2D eigenvalue weighted by atomic mass is 9.99. The summed E-state index contributed by atoms with van der Waals surface area (Å²) in [4.78, 5) is 54.1. The highest BCUT2D eigenvalue weighted by Gasteiger charge is 2.48. The van der Waals surface area contributed by atoms with Gasteiger partial charge in [0.05, 0.1) is 70.4 Å². The van der Waals surface area contributed by atoms with Crippen LogP contribution < -0.4 is 24.8 Å². The summed E-state index contributed by atoms with van der Waals surface area (Å²) >= 11 is 0. The fourth-order valence-electron chi connectivity index (χ4n) is 9.32. The maximum Gasteiger partial charge on any atom is 0.335 e. The van der Waals surface area contributed by atoms with Gasteiger partial charge in [-0.15, -0.1) is 0 Å². The number of anilines is 1. The fraction of sp³-hybridized carbons (Fsp3) is 0.426. The molecule has 8 rings (SSSR count). The van der Waals surface area contributed by atoms with E-state index in [0.29, 0.717) is 35.8 Å². The molecule has 8 N–H and O–H groups in total. The minimum absolute atomic E-state index is 0.00373. The number of halogens is 5. The third-order valence-corrected chi connectivity index (χ3v) is 13.6. The average Bonchev–Trinajstić information content (AvgIpc) is 4.22. The van der Waals surface area contributed by atoms with Crippen LogP contribution in [0.5, 0.6) is 17.2 Å². The van der Waals surface area contributed by atoms with Crippen LogP contribution in [0, 0.1) is 29.1 Å². The molecule has 23 nitrogen and oxygen atoms in total. The number of quaternary nitrogens is 1. The number of carboxylic acids is 1. The van der Waals surface area contributed by atoms with Gasteiger partial charge in [-0.1, -0.05) is 12.1 Å². The Morgan fingerprint density at radius 2 is 1.43 bits per heavy atom. The Kier molecular flexibility index (Phi) is 20.9. The van der Waals surface area contributed by atoms with Gasteiger partial charge in [0.1, 0.15) is 61.5 Å². The lowest BCUT2D eigenvalue weighted by molar-refractivity contribution is -0.945. The van der Waals surface area contributed by atoms with Gasteiger partial charge in [-0.25, -0.2) is 22.9 Å². The molecule has 82 heavy (non-hydrogen) atoms. The second kappa shape index (κ2) is 28.3. The lowest BCUT2D eigenvalue weighted by Crippen LogP contribution is -2.61. The van der Waals surface area contributed by atoms with Crippen molar-refractivity contribution in [2.75, 3.05) is 77.7 Å². The minimum atomic E-state index is -2.39. The number of carbonyl (C=O) groups is 4. The lowest BCUT2D eigenvalue weighted by Gasteiger charge is -2.41. The van der Waals surface area contributed by atoms with Crippen molar-refractivity contribution in [3.05, 3.63) is 102 Å². The van der Waals surface area contributed by atoms with Crippen molar-refractivity contribution in [2.24, 2.45) is 0 Å². The topological polar surface area (TPSA) is 308 Å². The van der Waals surface area contributed by atoms with Crippen molar-refractivity contribution >= 4 is 40.3 Å². The van der Waals surface area contributed by atoms with Crippen molar-refractivity contribution in [3.8, 4) is 39.9 Å². The zero-order chi connectivity index (χ0) is 58.3. The molecule has 440 valence electrons. The zero-order valence-corrected chi connectivity index (χ0v) is 43.9. The minimum Gasteiger partial charge on any atom is -0.488 e. The van der Waals surface area contributed by atoms with Crippen molar-refractivity contribution in [2.45, 2.75) is 75.8 Å². The first-order valence-corrected chi connectivity index (χ1v) is 26.2. The normalized spacial score (nSPS) is 18.7. The number of fused-ring (bicyclic) bond motifs is 1. The Balaban J connectivity index is 0.807. The zero-order valence-electron chi connectivity index (χ0n) is 43.9. The van der Waals surface area contributed by atoms with E-state index in [4.69, 9.17) is 28.4 Å². The summed E-state index contributed by atoms with van der Waals surface area (Å²) in [6, 6.07) is 18.5. The van der Waals surface area contributed by atoms with Crippen LogP contribution in [-0.2, 0) is 44.7 Å². The monoisotopic (exact) mass is 1160 g/mol. The van der Waals surface area contributed by atoms with Gasteiger partial charge in [-0.05, 0) is 67.8 Å². The number of carboxylic acid groups (broad SMARTS) is 1. The molecular formula is C54H60F5N8O15+. The smallest absolute Gasteiger partial charge is 0.335 e. The van der Waals surface area contributed by atoms with Gasteiger partial charge >= 0.3 is 11.9 Å². The van der Waals surface area contributed by atoms with Gasteiger partial charge in [0.15, 0.2) is 11.9 Å². The second-order valence-corrected chi connectivity index (χ2v) is 19.3. The van der Waals surface area contributed by atoms with Crippen LogP contribution in [0.4, 0.5) is 27.6 Å². The predicted molar refractivity (Wildman–Crippen MR) is 276 cm³/mol. The fourth-order valence-corrected chi connectivity index (χ4v) is 9.32. The van der Waals surface area contributed by atoms with E-state index in [-0.39, 0.29) is 70.5 Å². The number of aromatic nitrogens is 5. The largest absolute Gasteiger partial charge is 0.488 e. The molecule has 2 aromatic heterocycles. The van der Waals surface area contributed by atoms with E-state index in [0.717, 1.165) is 65.6 Å². The molecule has 0 radical (unpaired) electrons. The average molecular weight is 1160 g/mol. The molecule has 4 heterocycles. The number of hydrogen-bond donors (Lipinski definition) is 8. The number of ether oxygens (including phenoxy) is 7. The number of likely N-dealkylation sites (tertiary alicyclic amines) is 1. The van der Waals surface area contributed by atoms with Gasteiger partial charge in [0.25, 0.3) is 0 Å². The summed E-state index contributed by atoms with van der Waals surface area (Å²) in [7, 11) is 0. The Bertz CT molecular complexity index is 3140. The Morgan fingerprint density at radius 3 is 2.13 bits per heavy atom. The summed E-state index contributed by atoms with van der Waals surface area (Å²) in [5.74, 6) is -15.8. The highest BCUT2D eigenvalue weighted by molar-refractivity contribution is 5.95. The third-order valence-electron chi connectivity index (χ3n) is 13.6. The van der Waals surface area contributed by atoms with Gasteiger partial charge < -0.3 is 68.7 Å². The number of carbonyl (C=O) groups excluding carboxylic acids is 3. The number of aliphatic hydroxyl groups excluding tert-OH is 3. The van der Waals surface area contributed by atoms with E-state index < -0.39 is 95.7 Å². The molecule has 5 atom stereocenters. The first-order valence-electron chi connectivity index (χ1n) is 26.2. The molecule has 0 unspecified atom stereocenters. The number of H-pyrrole nitrogens is 2. The number of aliphatic hydroxyl groups is 3. The van der Waals surface area contributed by atoms with E-state index in [9.17, 15) is 61.6 Å². The molecule has 0 bridgehead atoms. The van der Waals surface area contributed by atoms with Gasteiger partial charge in [0.2, 0.25) is 52.9 Å². The Labute approximate surface area is 464 Å². The van der Waals surface area contributed by atoms with E-state index in [1.54, 1.807) is 12.1 Å². The van der Waals surface area contributed by atoms with E-state index >= 15 is 0 Å². The van der Waals surface area contributed by atoms with Crippen LogP contribution in [0.3, 0.4) is 0 Å². The van der Waals surface area contributed by atoms with Gasteiger partial charge in [-0.2, -0.15) is 19.0 Å². The Morgan fingerprint density at radius 1 is 0.720 bits per heavy atom. The molecule has 2 aliphatic heterocycles. The maximum atomic E-state index is 13.7. The number of aromatic amines is 2. The first-order chi connectivity index (χ1) is 39.5. The quantitative estimate of drug-likeness (QED) is 0.00640. The molecule has 2 amide bonds. The van der Waals surface area contributed by atoms with Gasteiger partial charge in [-0.3, -0.25) is 24.6 Å². The standard InChI is InChI=1S/C54H59F5N8O15/c55-41-42(56)44(58)50(45(59)43(41)57)81-40(70)13-19-77-22-24-78-23-21-76-18-12-38(68)60-14-11-39(69)63-36-25-30(7-10-37(36)80-54-49(73)47(71)48(72)51(82-54)53(74)75)28-67(15-2-1-3-16-67)17-20-79-33-6-4-5-31(26-33)46-34-27-32(52-61-29-62-66-52)8-9-35(34)64-65-46/h4-10,25-27,29,47-49,51,54,71-73H,1-3,11-24,28H2,(H4-,60,61,62,63,64,65,66,68,69,74,75)/p+1/t47-,48-,49+,51-,54+/m0/s1. The summed E-state index contributed by atoms with van der Waals surface area (Å²) in [6.45, 7) is 2.93. The SMILES string of the molecule is O=C(CCOCCOCCOCCC(=O)Oc1c(F)c(F)c(F)c(F)c1F)NCCC(=O)Nc1cc(C[N+]2(CCOc3cccc(-c4n[nH]c5ccc(-c6ncn[nH]6)cc45)c3)CCCCC2)ccc1O[C@@H]1O[C@H](C(=O)O)[C@@H](O)[C@H](O)[C@H]1O. The van der Waals surface area contributed by atoms with Crippen molar-refractivity contribution in [1.29, 1.82) is 0 Å². The molecule has 0 spiro atoms. The van der Waals surface area contributed by atoms with Crippen LogP contribution in [0.1, 0.15) is 44.1 Å². The Hall–Kier alpha value is -7.70. The van der Waals surface area contributed by atoms with Crippen LogP contribution in [0.15, 0.2) is 67.0 Å². The highest BCUT2D eigenvalue weighted by Crippen LogP contribution is 2.35. The van der Waals surface area contributed by atoms with Crippen LogP contribution in [-0.4, -0.2) is 177 Å². The number of rotatable bonds is 28. The molecule has 28 heteroatoms. The predicted octanol–water partition coefficient (Wildman–Crippen LogP) is 4.44. The van der Waals surface area contributed by atoms with Crippen molar-refractivity contribution in [3.63, 3.8) is 0 Å². The summed E-state index contributed by atoms with van der Waals surface area (Å²) in [6.07, 6.45) is -5.92. The third kappa shape index (κ3) is 15.4. The number of amides is 2. The molecule has 2 saturated heterocycles. The number of nitrogens with one attached hydrogen (secondary N) is 4. The molecule has 6 aromatic rings. The van der Waals surface area contributed by atoms with Crippen LogP contribution in [0.2, 0.25) is 0 Å². The van der Waals surface area contributed by atoms with Crippen LogP contribution >= 0.6 is 0 Å². The summed E-state index contributed by atoms with van der Waals surface area (Å²) in [5.41, 5.74) is 4.22. The number of nitrogens with zero attached hydrogens (tertiary/aromatic N) is 4. The van der Waals surface area contributed by atoms with Crippen LogP contribution in [0.25, 0.3) is 33.5 Å². The highest BCUT2D eigenvalue weighted by atomic mass is 19.2. The summed E-state index contributed by atoms with van der Waals surface area (Å²) in [5, 5.41) is 62.1. The van der Waals surface area contributed by atoms with Crippen molar-refractivity contribution < 1.29 is 99.2 Å².